The van der Waals surface area contributed by atoms with Crippen LogP contribution in [0, 0.1) is 0 Å². The van der Waals surface area contributed by atoms with Crippen molar-refractivity contribution in [1.29, 1.82) is 0 Å². The Bertz CT molecular complexity index is 252. The third-order valence-electron chi connectivity index (χ3n) is 1.82. The van der Waals surface area contributed by atoms with Gasteiger partial charge >= 0.3 is 0 Å². The topological polar surface area (TPSA) is 147 Å². The van der Waals surface area contributed by atoms with Crippen LogP contribution in [-0.4, -0.2) is 32.5 Å². The van der Waals surface area contributed by atoms with Gasteiger partial charge in [-0.1, -0.05) is 0 Å². The van der Waals surface area contributed by atoms with Crippen LogP contribution in [0.2, 0.25) is 0 Å². The summed E-state index contributed by atoms with van der Waals surface area (Å²) in [7, 11) is -8.55. The third kappa shape index (κ3) is 2.19. The highest BCUT2D eigenvalue weighted by Crippen LogP contribution is 2.69. The number of hydrogen-bond donors (Lipinski definition) is 5. The second kappa shape index (κ2) is 3.79. The molecule has 7 nitrogen and oxygen atoms in total. The van der Waals surface area contributed by atoms with E-state index in [1.165, 1.54) is 0 Å². The zero-order valence-electron chi connectivity index (χ0n) is 7.12. The van der Waals surface area contributed by atoms with Gasteiger partial charge in [0.1, 0.15) is 0 Å². The zero-order valence-corrected chi connectivity index (χ0v) is 8.91. The molecule has 0 aromatic rings. The molecule has 0 radical (unpaired) electrons. The lowest BCUT2D eigenvalue weighted by atomic mass is 10.8. The molecule has 0 rings (SSSR count). The molecule has 2 unspecified atom stereocenters. The van der Waals surface area contributed by atoms with Gasteiger partial charge in [0, 0.05) is 0 Å². The highest BCUT2D eigenvalue weighted by Gasteiger charge is 2.53. The van der Waals surface area contributed by atoms with Crippen LogP contribution >= 0.6 is 14.7 Å². The Kier molecular flexibility index (Phi) is 3.86. The molecule has 0 bridgehead atoms. The van der Waals surface area contributed by atoms with E-state index in [0.29, 0.717) is 0 Å². The van der Waals surface area contributed by atoms with E-state index in [2.05, 4.69) is 0 Å². The van der Waals surface area contributed by atoms with Crippen LogP contribution in [0.4, 0.5) is 0 Å². The number of hydrogen-bond acceptors (Lipinski definition) is 5. The van der Waals surface area contributed by atoms with E-state index in [9.17, 15) is 14.2 Å². The highest BCUT2D eigenvalue weighted by molar-refractivity contribution is 7.77. The van der Waals surface area contributed by atoms with Gasteiger partial charge in [-0.05, 0) is 6.92 Å². The number of rotatable bonds is 4. The predicted molar refractivity (Wildman–Crippen MR) is 48.4 cm³/mol. The number of nitrogens with two attached hydrogens (primary N) is 2. The molecule has 0 heterocycles. The maximum absolute atomic E-state index is 11.2. The van der Waals surface area contributed by atoms with Crippen molar-refractivity contribution in [2.75, 3.05) is 12.6 Å². The van der Waals surface area contributed by atoms with Crippen molar-refractivity contribution in [3.05, 3.63) is 0 Å². The molecule has 0 saturated carbocycles. The SMILES string of the molecule is CC(O)(P(=O)(O)CN)P(=O)(O)CN. The van der Waals surface area contributed by atoms with E-state index in [1.54, 1.807) is 0 Å². The maximum atomic E-state index is 11.2. The van der Waals surface area contributed by atoms with Gasteiger partial charge in [-0.15, -0.1) is 0 Å². The Hall–Kier alpha value is 0.260. The summed E-state index contributed by atoms with van der Waals surface area (Å²) in [6.45, 7) is 0.786. The molecule has 0 saturated heterocycles. The summed E-state index contributed by atoms with van der Waals surface area (Å²) in [5.74, 6) is 0. The van der Waals surface area contributed by atoms with Crippen molar-refractivity contribution >= 4 is 14.7 Å². The van der Waals surface area contributed by atoms with E-state index < -0.39 is 32.4 Å². The van der Waals surface area contributed by atoms with Crippen molar-refractivity contribution in [3.8, 4) is 0 Å². The lowest BCUT2D eigenvalue weighted by molar-refractivity contribution is 0.187. The normalized spacial score (nSPS) is 25.7. The Balaban J connectivity index is 5.21. The lowest BCUT2D eigenvalue weighted by Gasteiger charge is -2.31. The van der Waals surface area contributed by atoms with Crippen molar-refractivity contribution in [1.82, 2.24) is 0 Å². The minimum atomic E-state index is -4.27. The van der Waals surface area contributed by atoms with Crippen LogP contribution in [-0.2, 0) is 9.13 Å². The average Bonchev–Trinajstić information content (AvgIpc) is 2.03. The summed E-state index contributed by atoms with van der Waals surface area (Å²) in [5, 5.41) is 6.75. The Morgan fingerprint density at radius 2 is 1.38 bits per heavy atom. The second-order valence-electron chi connectivity index (χ2n) is 2.74. The molecule has 9 heteroatoms. The maximum Gasteiger partial charge on any atom is 0.253 e. The standard InChI is InChI=1S/C4H14N2O5P2/c1-4(7,12(8,9)2-5)13(10,11)3-6/h7H,2-3,5-6H2,1H3,(H,8,9)(H,10,11). The third-order valence-corrected chi connectivity index (χ3v) is 7.33. The van der Waals surface area contributed by atoms with Gasteiger partial charge in [-0.3, -0.25) is 9.13 Å². The molecule has 2 atom stereocenters. The Morgan fingerprint density at radius 3 is 1.54 bits per heavy atom. The molecule has 80 valence electrons. The summed E-state index contributed by atoms with van der Waals surface area (Å²) < 4.78 is 22.4. The highest BCUT2D eigenvalue weighted by atomic mass is 31.2. The molecule has 0 spiro atoms. The van der Waals surface area contributed by atoms with Gasteiger partial charge in [0.2, 0.25) is 5.08 Å². The quantitative estimate of drug-likeness (QED) is 0.391. The average molecular weight is 232 g/mol. The molecular weight excluding hydrogens is 218 g/mol. The molecule has 0 aromatic heterocycles. The largest absolute Gasteiger partial charge is 0.371 e. The van der Waals surface area contributed by atoms with Crippen LogP contribution in [0.15, 0.2) is 0 Å². The lowest BCUT2D eigenvalue weighted by Crippen LogP contribution is -2.30. The van der Waals surface area contributed by atoms with Gasteiger partial charge < -0.3 is 26.4 Å². The summed E-state index contributed by atoms with van der Waals surface area (Å²) in [6, 6.07) is 0. The van der Waals surface area contributed by atoms with E-state index in [1.807, 2.05) is 0 Å². The second-order valence-corrected chi connectivity index (χ2v) is 8.37. The summed E-state index contributed by atoms with van der Waals surface area (Å²) >= 11 is 0. The molecule has 0 aliphatic heterocycles. The van der Waals surface area contributed by atoms with Crippen LogP contribution in [0.5, 0.6) is 0 Å². The van der Waals surface area contributed by atoms with E-state index >= 15 is 0 Å². The van der Waals surface area contributed by atoms with Crippen molar-refractivity contribution in [2.24, 2.45) is 11.5 Å². The first kappa shape index (κ1) is 13.3. The van der Waals surface area contributed by atoms with Crippen molar-refractivity contribution in [3.63, 3.8) is 0 Å². The first-order chi connectivity index (χ1) is 5.62. The molecule has 0 aliphatic carbocycles. The van der Waals surface area contributed by atoms with Crippen molar-refractivity contribution < 1.29 is 24.0 Å². The van der Waals surface area contributed by atoms with E-state index in [-0.39, 0.29) is 0 Å². The Morgan fingerprint density at radius 1 is 1.15 bits per heavy atom. The smallest absolute Gasteiger partial charge is 0.253 e. The van der Waals surface area contributed by atoms with E-state index in [0.717, 1.165) is 6.92 Å². The first-order valence-corrected chi connectivity index (χ1v) is 7.07. The molecule has 0 fully saturated rings. The molecule has 0 amide bonds. The molecule has 7 N–H and O–H groups in total. The van der Waals surface area contributed by atoms with Gasteiger partial charge in [-0.25, -0.2) is 0 Å². The first-order valence-electron chi connectivity index (χ1n) is 3.38. The molecule has 0 aromatic carbocycles. The summed E-state index contributed by atoms with van der Waals surface area (Å²) in [5.41, 5.74) is 9.80. The summed E-state index contributed by atoms with van der Waals surface area (Å²) in [6.07, 6.45) is -1.55. The van der Waals surface area contributed by atoms with Gasteiger partial charge in [0.15, 0.2) is 0 Å². The summed E-state index contributed by atoms with van der Waals surface area (Å²) in [4.78, 5) is 18.2. The van der Waals surface area contributed by atoms with Crippen LogP contribution in [0.3, 0.4) is 0 Å². The van der Waals surface area contributed by atoms with Crippen LogP contribution in [0.1, 0.15) is 6.92 Å². The van der Waals surface area contributed by atoms with Crippen molar-refractivity contribution in [2.45, 2.75) is 12.0 Å². The minimum absolute atomic E-state index is 0.773. The minimum Gasteiger partial charge on any atom is -0.371 e. The molecule has 0 aliphatic rings. The Labute approximate surface area is 75.6 Å². The van der Waals surface area contributed by atoms with Gasteiger partial charge in [0.05, 0.1) is 12.6 Å². The zero-order chi connectivity index (χ0) is 10.9. The van der Waals surface area contributed by atoms with Gasteiger partial charge in [0.25, 0.3) is 14.7 Å². The van der Waals surface area contributed by atoms with Gasteiger partial charge in [-0.2, -0.15) is 0 Å². The molecule has 13 heavy (non-hydrogen) atoms. The number of aliphatic hydroxyl groups is 1. The fraction of sp³-hybridized carbons (Fsp3) is 1.00. The van der Waals surface area contributed by atoms with Crippen LogP contribution in [0.25, 0.3) is 0 Å². The molecular formula is C4H14N2O5P2. The van der Waals surface area contributed by atoms with E-state index in [4.69, 9.17) is 21.3 Å². The fourth-order valence-corrected chi connectivity index (χ4v) is 3.72. The van der Waals surface area contributed by atoms with Crippen LogP contribution < -0.4 is 11.5 Å². The fourth-order valence-electron chi connectivity index (χ4n) is 0.590. The monoisotopic (exact) mass is 232 g/mol. The predicted octanol–water partition coefficient (Wildman–Crippen LogP) is -0.974.